The van der Waals surface area contributed by atoms with E-state index in [1.807, 2.05) is 31.2 Å². The number of rotatable bonds is 8. The molecule has 5 nitrogen and oxygen atoms in total. The van der Waals surface area contributed by atoms with Gasteiger partial charge in [-0.3, -0.25) is 4.79 Å². The molecule has 1 N–H and O–H groups in total. The number of carbonyl (C=O) groups excluding carboxylic acids is 1. The smallest absolute Gasteiger partial charge is 0.243 e. The SMILES string of the molecule is C[C@@H](NC(=O)CN(Cc1ccc(Cl)cc1Cl)S(=O)(=O)c1ccc(Cl)cc1)c1ccc(Br)cc1. The van der Waals surface area contributed by atoms with Gasteiger partial charge in [-0.2, -0.15) is 4.31 Å². The number of nitrogens with zero attached hydrogens (tertiary/aromatic N) is 1. The molecule has 1 amide bonds. The molecule has 0 saturated carbocycles. The molecule has 174 valence electrons. The predicted octanol–water partition coefficient (Wildman–Crippen LogP) is 6.48. The number of hydrogen-bond donors (Lipinski definition) is 1. The Labute approximate surface area is 216 Å². The van der Waals surface area contributed by atoms with E-state index in [2.05, 4.69) is 21.2 Å². The van der Waals surface area contributed by atoms with Crippen LogP contribution in [0.2, 0.25) is 15.1 Å². The van der Waals surface area contributed by atoms with Crippen LogP contribution in [0.1, 0.15) is 24.1 Å². The lowest BCUT2D eigenvalue weighted by Crippen LogP contribution is -2.41. The number of benzene rings is 3. The Hall–Kier alpha value is -1.61. The Morgan fingerprint density at radius 3 is 2.18 bits per heavy atom. The Morgan fingerprint density at radius 2 is 1.58 bits per heavy atom. The number of sulfonamides is 1. The molecule has 0 saturated heterocycles. The third-order valence-corrected chi connectivity index (χ3v) is 8.05. The molecule has 10 heteroatoms. The first kappa shape index (κ1) is 26.0. The average molecular weight is 591 g/mol. The summed E-state index contributed by atoms with van der Waals surface area (Å²) in [4.78, 5) is 12.9. The molecule has 3 aromatic rings. The van der Waals surface area contributed by atoms with Gasteiger partial charge in [0.25, 0.3) is 0 Å². The highest BCUT2D eigenvalue weighted by atomic mass is 79.9. The van der Waals surface area contributed by atoms with Gasteiger partial charge in [-0.05, 0) is 66.6 Å². The Balaban J connectivity index is 1.86. The third-order valence-electron chi connectivity index (χ3n) is 4.88. The van der Waals surface area contributed by atoms with Crippen molar-refractivity contribution in [3.63, 3.8) is 0 Å². The van der Waals surface area contributed by atoms with Crippen LogP contribution >= 0.6 is 50.7 Å². The second-order valence-electron chi connectivity index (χ2n) is 7.30. The Kier molecular flexibility index (Phi) is 8.83. The van der Waals surface area contributed by atoms with Crippen LogP contribution in [-0.4, -0.2) is 25.2 Å². The fourth-order valence-electron chi connectivity index (χ4n) is 3.10. The predicted molar refractivity (Wildman–Crippen MR) is 136 cm³/mol. The molecule has 0 spiro atoms. The molecule has 0 aliphatic heterocycles. The van der Waals surface area contributed by atoms with Gasteiger partial charge in [0.05, 0.1) is 17.5 Å². The van der Waals surface area contributed by atoms with Crippen molar-refractivity contribution in [1.29, 1.82) is 0 Å². The summed E-state index contributed by atoms with van der Waals surface area (Å²) in [5.41, 5.74) is 1.41. The summed E-state index contributed by atoms with van der Waals surface area (Å²) in [5, 5.41) is 3.99. The van der Waals surface area contributed by atoms with Crippen molar-refractivity contribution in [2.45, 2.75) is 24.4 Å². The Morgan fingerprint density at radius 1 is 0.970 bits per heavy atom. The molecule has 3 aromatic carbocycles. The van der Waals surface area contributed by atoms with Gasteiger partial charge in [-0.25, -0.2) is 8.42 Å². The van der Waals surface area contributed by atoms with Gasteiger partial charge in [0.1, 0.15) is 0 Å². The number of halogens is 4. The second kappa shape index (κ2) is 11.2. The monoisotopic (exact) mass is 588 g/mol. The number of carbonyl (C=O) groups is 1. The van der Waals surface area contributed by atoms with Crippen LogP contribution in [-0.2, 0) is 21.4 Å². The zero-order valence-electron chi connectivity index (χ0n) is 17.4. The van der Waals surface area contributed by atoms with Crippen molar-refractivity contribution in [3.8, 4) is 0 Å². The quantitative estimate of drug-likeness (QED) is 0.327. The van der Waals surface area contributed by atoms with Crippen molar-refractivity contribution in [2.24, 2.45) is 0 Å². The molecule has 0 fully saturated rings. The lowest BCUT2D eigenvalue weighted by atomic mass is 10.1. The number of nitrogens with one attached hydrogen (secondary N) is 1. The van der Waals surface area contributed by atoms with E-state index in [0.29, 0.717) is 20.6 Å². The van der Waals surface area contributed by atoms with Crippen molar-refractivity contribution < 1.29 is 13.2 Å². The standard InChI is InChI=1S/C23H20BrCl3N2O3S/c1-15(16-2-5-18(24)6-3-16)28-23(30)14-29(13-17-4-7-20(26)12-22(17)27)33(31,32)21-10-8-19(25)9-11-21/h2-12,15H,13-14H2,1H3,(H,28,30)/t15-/m1/s1. The van der Waals surface area contributed by atoms with E-state index in [0.717, 1.165) is 14.3 Å². The molecule has 1 atom stereocenters. The van der Waals surface area contributed by atoms with Crippen molar-refractivity contribution in [3.05, 3.63) is 97.4 Å². The normalized spacial score (nSPS) is 12.5. The third kappa shape index (κ3) is 6.94. The molecule has 0 heterocycles. The van der Waals surface area contributed by atoms with E-state index in [4.69, 9.17) is 34.8 Å². The Bertz CT molecular complexity index is 1240. The largest absolute Gasteiger partial charge is 0.348 e. The summed E-state index contributed by atoms with van der Waals surface area (Å²) in [6, 6.07) is 17.7. The van der Waals surface area contributed by atoms with Crippen LogP contribution in [0.25, 0.3) is 0 Å². The minimum absolute atomic E-state index is 0.0192. The topological polar surface area (TPSA) is 66.5 Å². The zero-order chi connectivity index (χ0) is 24.2. The van der Waals surface area contributed by atoms with Gasteiger partial charge in [0.2, 0.25) is 15.9 Å². The maximum absolute atomic E-state index is 13.4. The van der Waals surface area contributed by atoms with Gasteiger partial charge in [-0.1, -0.05) is 68.9 Å². The summed E-state index contributed by atoms with van der Waals surface area (Å²) in [6.07, 6.45) is 0. The van der Waals surface area contributed by atoms with E-state index in [9.17, 15) is 13.2 Å². The van der Waals surface area contributed by atoms with Gasteiger partial charge >= 0.3 is 0 Å². The minimum Gasteiger partial charge on any atom is -0.348 e. The van der Waals surface area contributed by atoms with Gasteiger partial charge in [0, 0.05) is 26.1 Å². The summed E-state index contributed by atoms with van der Waals surface area (Å²) in [7, 11) is -4.03. The molecule has 33 heavy (non-hydrogen) atoms. The van der Waals surface area contributed by atoms with Crippen LogP contribution in [0.3, 0.4) is 0 Å². The number of hydrogen-bond acceptors (Lipinski definition) is 3. The lowest BCUT2D eigenvalue weighted by Gasteiger charge is -2.24. The van der Waals surface area contributed by atoms with Crippen molar-refractivity contribution >= 4 is 66.7 Å². The highest BCUT2D eigenvalue weighted by molar-refractivity contribution is 9.10. The molecule has 0 aliphatic rings. The van der Waals surface area contributed by atoms with E-state index in [-0.39, 0.29) is 17.5 Å². The van der Waals surface area contributed by atoms with E-state index in [1.54, 1.807) is 12.1 Å². The van der Waals surface area contributed by atoms with E-state index in [1.165, 1.54) is 30.3 Å². The summed E-state index contributed by atoms with van der Waals surface area (Å²) in [5.74, 6) is -0.451. The molecular weight excluding hydrogens is 571 g/mol. The first-order chi connectivity index (χ1) is 15.6. The molecule has 0 aromatic heterocycles. The zero-order valence-corrected chi connectivity index (χ0v) is 22.1. The highest BCUT2D eigenvalue weighted by Crippen LogP contribution is 2.26. The number of amides is 1. The minimum atomic E-state index is -4.03. The molecule has 0 unspecified atom stereocenters. The van der Waals surface area contributed by atoms with Crippen LogP contribution < -0.4 is 5.32 Å². The van der Waals surface area contributed by atoms with E-state index < -0.39 is 22.5 Å². The molecule has 0 radical (unpaired) electrons. The molecule has 0 aliphatic carbocycles. The average Bonchev–Trinajstić information content (AvgIpc) is 2.75. The second-order valence-corrected chi connectivity index (χ2v) is 11.4. The van der Waals surface area contributed by atoms with E-state index >= 15 is 0 Å². The molecule has 0 bridgehead atoms. The summed E-state index contributed by atoms with van der Waals surface area (Å²) >= 11 is 21.5. The van der Waals surface area contributed by atoms with Crippen molar-refractivity contribution in [1.82, 2.24) is 9.62 Å². The maximum atomic E-state index is 13.4. The fraction of sp³-hybridized carbons (Fsp3) is 0.174. The van der Waals surface area contributed by atoms with Crippen LogP contribution in [0.5, 0.6) is 0 Å². The maximum Gasteiger partial charge on any atom is 0.243 e. The van der Waals surface area contributed by atoms with Crippen LogP contribution in [0, 0.1) is 0 Å². The first-order valence-electron chi connectivity index (χ1n) is 9.81. The van der Waals surface area contributed by atoms with Crippen LogP contribution in [0.15, 0.2) is 76.1 Å². The first-order valence-corrected chi connectivity index (χ1v) is 13.2. The van der Waals surface area contributed by atoms with Gasteiger partial charge in [0.15, 0.2) is 0 Å². The van der Waals surface area contributed by atoms with Gasteiger partial charge in [-0.15, -0.1) is 0 Å². The van der Waals surface area contributed by atoms with Crippen LogP contribution in [0.4, 0.5) is 0 Å². The molecular formula is C23H20BrCl3N2O3S. The molecule has 3 rings (SSSR count). The lowest BCUT2D eigenvalue weighted by molar-refractivity contribution is -0.122. The van der Waals surface area contributed by atoms with Crippen molar-refractivity contribution in [2.75, 3.05) is 6.54 Å². The fourth-order valence-corrected chi connectivity index (χ4v) is 5.34. The highest BCUT2D eigenvalue weighted by Gasteiger charge is 2.28. The van der Waals surface area contributed by atoms with Gasteiger partial charge < -0.3 is 5.32 Å². The summed E-state index contributed by atoms with van der Waals surface area (Å²) < 4.78 is 28.8. The summed E-state index contributed by atoms with van der Waals surface area (Å²) in [6.45, 7) is 1.32.